The van der Waals surface area contributed by atoms with Crippen LogP contribution in [0.4, 0.5) is 0 Å². The molecule has 0 aromatic carbocycles. The average molecular weight is 346 g/mol. The summed E-state index contributed by atoms with van der Waals surface area (Å²) in [5, 5.41) is 7.82. The zero-order valence-corrected chi connectivity index (χ0v) is 14.5. The first-order chi connectivity index (χ1) is 11.6. The molecule has 2 N–H and O–H groups in total. The van der Waals surface area contributed by atoms with E-state index >= 15 is 0 Å². The van der Waals surface area contributed by atoms with E-state index in [2.05, 4.69) is 28.1 Å². The predicted octanol–water partition coefficient (Wildman–Crippen LogP) is 3.09. The van der Waals surface area contributed by atoms with Crippen LogP contribution < -0.4 is 10.6 Å². The third-order valence-electron chi connectivity index (χ3n) is 4.73. The van der Waals surface area contributed by atoms with E-state index in [1.165, 1.54) is 30.2 Å². The van der Waals surface area contributed by atoms with Gasteiger partial charge < -0.3 is 15.1 Å². The molecular formula is C18H22N2O3S. The van der Waals surface area contributed by atoms with Crippen LogP contribution in [0.3, 0.4) is 0 Å². The van der Waals surface area contributed by atoms with E-state index in [1.54, 1.807) is 24.3 Å². The molecule has 1 fully saturated rings. The van der Waals surface area contributed by atoms with Gasteiger partial charge in [-0.25, -0.2) is 0 Å². The van der Waals surface area contributed by atoms with Crippen molar-refractivity contribution >= 4 is 23.2 Å². The molecule has 0 spiro atoms. The second-order valence-corrected chi connectivity index (χ2v) is 7.34. The van der Waals surface area contributed by atoms with E-state index in [-0.39, 0.29) is 17.2 Å². The van der Waals surface area contributed by atoms with Crippen LogP contribution in [0.15, 0.2) is 40.5 Å². The number of carbonyl (C=O) groups is 2. The SMILES string of the molecule is C[C@H](NC(=O)c1ccoc1)C(=O)NCC1(c2cccs2)CCCC1. The largest absolute Gasteiger partial charge is 0.472 e. The highest BCUT2D eigenvalue weighted by molar-refractivity contribution is 7.10. The predicted molar refractivity (Wildman–Crippen MR) is 93.1 cm³/mol. The van der Waals surface area contributed by atoms with Crippen LogP contribution >= 0.6 is 11.3 Å². The minimum atomic E-state index is -0.589. The van der Waals surface area contributed by atoms with Crippen LogP contribution in [0.5, 0.6) is 0 Å². The Bertz CT molecular complexity index is 673. The maximum atomic E-state index is 12.4. The lowest BCUT2D eigenvalue weighted by molar-refractivity contribution is -0.122. The Balaban J connectivity index is 1.57. The van der Waals surface area contributed by atoms with Crippen molar-refractivity contribution in [2.75, 3.05) is 6.54 Å². The van der Waals surface area contributed by atoms with Gasteiger partial charge in [-0.05, 0) is 37.3 Å². The van der Waals surface area contributed by atoms with E-state index in [4.69, 9.17) is 4.42 Å². The summed E-state index contributed by atoms with van der Waals surface area (Å²) in [6.07, 6.45) is 7.39. The fourth-order valence-electron chi connectivity index (χ4n) is 3.29. The molecule has 0 aliphatic heterocycles. The molecule has 0 radical (unpaired) electrons. The summed E-state index contributed by atoms with van der Waals surface area (Å²) in [6.45, 7) is 2.32. The molecule has 2 amide bonds. The first-order valence-electron chi connectivity index (χ1n) is 8.25. The third-order valence-corrected chi connectivity index (χ3v) is 5.85. The molecule has 0 bridgehead atoms. The molecule has 2 heterocycles. The van der Waals surface area contributed by atoms with Gasteiger partial charge in [0.2, 0.25) is 5.91 Å². The quantitative estimate of drug-likeness (QED) is 0.844. The Morgan fingerprint density at radius 3 is 2.75 bits per heavy atom. The van der Waals surface area contributed by atoms with Gasteiger partial charge in [-0.15, -0.1) is 11.3 Å². The Kier molecular flexibility index (Phi) is 5.04. The average Bonchev–Trinajstić information content (AvgIpc) is 3.35. The Morgan fingerprint density at radius 2 is 2.12 bits per heavy atom. The van der Waals surface area contributed by atoms with Crippen molar-refractivity contribution in [3.8, 4) is 0 Å². The van der Waals surface area contributed by atoms with Gasteiger partial charge in [0.15, 0.2) is 0 Å². The van der Waals surface area contributed by atoms with E-state index in [9.17, 15) is 9.59 Å². The lowest BCUT2D eigenvalue weighted by atomic mass is 9.84. The van der Waals surface area contributed by atoms with Gasteiger partial charge >= 0.3 is 0 Å². The number of rotatable bonds is 6. The van der Waals surface area contributed by atoms with Crippen molar-refractivity contribution in [3.63, 3.8) is 0 Å². The van der Waals surface area contributed by atoms with Crippen LogP contribution in [0.25, 0.3) is 0 Å². The molecule has 0 unspecified atom stereocenters. The van der Waals surface area contributed by atoms with E-state index in [0.717, 1.165) is 12.8 Å². The molecule has 1 aliphatic carbocycles. The number of hydrogen-bond donors (Lipinski definition) is 2. The smallest absolute Gasteiger partial charge is 0.255 e. The second kappa shape index (κ2) is 7.21. The summed E-state index contributed by atoms with van der Waals surface area (Å²) in [5.74, 6) is -0.463. The van der Waals surface area contributed by atoms with Gasteiger partial charge in [0, 0.05) is 16.8 Å². The summed E-state index contributed by atoms with van der Waals surface area (Å²) >= 11 is 1.76. The van der Waals surface area contributed by atoms with Crippen LogP contribution in [0, 0.1) is 0 Å². The molecular weight excluding hydrogens is 324 g/mol. The Labute approximate surface area is 145 Å². The molecule has 5 nitrogen and oxygen atoms in total. The Morgan fingerprint density at radius 1 is 1.33 bits per heavy atom. The standard InChI is InChI=1S/C18H22N2O3S/c1-13(20-17(22)14-6-9-23-11-14)16(21)19-12-18(7-2-3-8-18)15-5-4-10-24-15/h4-6,9-11,13H,2-3,7-8,12H2,1H3,(H,19,21)(H,20,22)/t13-/m0/s1. The molecule has 128 valence electrons. The van der Waals surface area contributed by atoms with Crippen molar-refractivity contribution in [3.05, 3.63) is 46.5 Å². The highest BCUT2D eigenvalue weighted by atomic mass is 32.1. The maximum Gasteiger partial charge on any atom is 0.255 e. The summed E-state index contributed by atoms with van der Waals surface area (Å²) < 4.78 is 4.89. The first-order valence-corrected chi connectivity index (χ1v) is 9.13. The van der Waals surface area contributed by atoms with Gasteiger partial charge in [-0.2, -0.15) is 0 Å². The van der Waals surface area contributed by atoms with Gasteiger partial charge in [0.25, 0.3) is 5.91 Å². The number of nitrogens with one attached hydrogen (secondary N) is 2. The summed E-state index contributed by atoms with van der Waals surface area (Å²) in [5.41, 5.74) is 0.471. The fraction of sp³-hybridized carbons (Fsp3) is 0.444. The van der Waals surface area contributed by atoms with Gasteiger partial charge in [-0.3, -0.25) is 9.59 Å². The van der Waals surface area contributed by atoms with Crippen LogP contribution in [-0.2, 0) is 10.2 Å². The zero-order valence-electron chi connectivity index (χ0n) is 13.7. The molecule has 2 aromatic heterocycles. The van der Waals surface area contributed by atoms with Crippen LogP contribution in [-0.4, -0.2) is 24.4 Å². The topological polar surface area (TPSA) is 71.3 Å². The number of amides is 2. The van der Waals surface area contributed by atoms with E-state index < -0.39 is 6.04 Å². The zero-order chi connectivity index (χ0) is 17.0. The minimum absolute atomic E-state index is 0.0537. The summed E-state index contributed by atoms with van der Waals surface area (Å²) in [6, 6.07) is 5.21. The van der Waals surface area contributed by atoms with E-state index in [0.29, 0.717) is 12.1 Å². The number of hydrogen-bond acceptors (Lipinski definition) is 4. The monoisotopic (exact) mass is 346 g/mol. The molecule has 1 aliphatic rings. The van der Waals surface area contributed by atoms with Gasteiger partial charge in [0.05, 0.1) is 11.8 Å². The molecule has 1 atom stereocenters. The molecule has 2 aromatic rings. The van der Waals surface area contributed by atoms with Gasteiger partial charge in [-0.1, -0.05) is 18.9 Å². The number of thiophene rings is 1. The van der Waals surface area contributed by atoms with Crippen LogP contribution in [0.2, 0.25) is 0 Å². The highest BCUT2D eigenvalue weighted by Gasteiger charge is 2.37. The van der Waals surface area contributed by atoms with Crippen molar-refractivity contribution in [1.82, 2.24) is 10.6 Å². The molecule has 1 saturated carbocycles. The normalized spacial score (nSPS) is 17.4. The molecule has 0 saturated heterocycles. The third kappa shape index (κ3) is 3.53. The van der Waals surface area contributed by atoms with Gasteiger partial charge in [0.1, 0.15) is 12.3 Å². The molecule has 3 rings (SSSR count). The second-order valence-electron chi connectivity index (χ2n) is 6.39. The van der Waals surface area contributed by atoms with Crippen molar-refractivity contribution in [2.24, 2.45) is 0 Å². The highest BCUT2D eigenvalue weighted by Crippen LogP contribution is 2.42. The van der Waals surface area contributed by atoms with Crippen molar-refractivity contribution in [2.45, 2.75) is 44.1 Å². The number of carbonyl (C=O) groups excluding carboxylic acids is 2. The Hall–Kier alpha value is -2.08. The summed E-state index contributed by atoms with van der Waals surface area (Å²) in [7, 11) is 0. The lowest BCUT2D eigenvalue weighted by Crippen LogP contribution is -2.48. The molecule has 6 heteroatoms. The first kappa shape index (κ1) is 16.8. The van der Waals surface area contributed by atoms with Crippen molar-refractivity contribution < 1.29 is 14.0 Å². The van der Waals surface area contributed by atoms with Crippen molar-refractivity contribution in [1.29, 1.82) is 0 Å². The summed E-state index contributed by atoms with van der Waals surface area (Å²) in [4.78, 5) is 25.7. The molecule has 24 heavy (non-hydrogen) atoms. The minimum Gasteiger partial charge on any atom is -0.472 e. The van der Waals surface area contributed by atoms with Crippen LogP contribution in [0.1, 0.15) is 47.8 Å². The fourth-order valence-corrected chi connectivity index (χ4v) is 4.28. The lowest BCUT2D eigenvalue weighted by Gasteiger charge is -2.29. The maximum absolute atomic E-state index is 12.4. The van der Waals surface area contributed by atoms with E-state index in [1.807, 2.05) is 0 Å². The number of furan rings is 1.